The zero-order valence-electron chi connectivity index (χ0n) is 9.82. The van der Waals surface area contributed by atoms with E-state index in [1.165, 1.54) is 5.56 Å². The van der Waals surface area contributed by atoms with Crippen molar-refractivity contribution in [1.82, 2.24) is 15.1 Å². The highest BCUT2D eigenvalue weighted by Crippen LogP contribution is 2.07. The van der Waals surface area contributed by atoms with Crippen molar-refractivity contribution in [3.8, 4) is 0 Å². The lowest BCUT2D eigenvalue weighted by Gasteiger charge is -2.11. The van der Waals surface area contributed by atoms with E-state index < -0.39 is 0 Å². The molecule has 4 heteroatoms. The van der Waals surface area contributed by atoms with Crippen LogP contribution >= 0.6 is 0 Å². The van der Waals surface area contributed by atoms with Crippen molar-refractivity contribution in [3.05, 3.63) is 17.5 Å². The van der Waals surface area contributed by atoms with Crippen molar-refractivity contribution in [2.75, 3.05) is 6.61 Å². The first-order valence-corrected chi connectivity index (χ1v) is 5.53. The van der Waals surface area contributed by atoms with Crippen molar-refractivity contribution in [3.63, 3.8) is 0 Å². The van der Waals surface area contributed by atoms with Crippen LogP contribution in [0.4, 0.5) is 0 Å². The molecule has 1 unspecified atom stereocenters. The van der Waals surface area contributed by atoms with Crippen molar-refractivity contribution in [1.29, 1.82) is 0 Å². The van der Waals surface area contributed by atoms with E-state index in [1.807, 2.05) is 11.7 Å². The fourth-order valence-corrected chi connectivity index (χ4v) is 1.61. The molecule has 0 aliphatic carbocycles. The fourth-order valence-electron chi connectivity index (χ4n) is 1.61. The molecule has 0 aliphatic rings. The maximum Gasteiger partial charge on any atom is 0.0666 e. The van der Waals surface area contributed by atoms with Gasteiger partial charge in [0.2, 0.25) is 0 Å². The Balaban J connectivity index is 2.49. The first-order chi connectivity index (χ1) is 7.17. The summed E-state index contributed by atoms with van der Waals surface area (Å²) in [6, 6.07) is 0.347. The molecule has 0 radical (unpaired) electrons. The van der Waals surface area contributed by atoms with E-state index in [0.29, 0.717) is 6.04 Å². The summed E-state index contributed by atoms with van der Waals surface area (Å²) in [7, 11) is 1.94. The minimum absolute atomic E-state index is 0.238. The standard InChI is InChI=1S/C11H21N3O/c1-4-11-10(8-14(3)13-11)7-12-9(2)5-6-15/h8-9,12,15H,4-7H2,1-3H3. The Labute approximate surface area is 91.3 Å². The van der Waals surface area contributed by atoms with Gasteiger partial charge in [0.15, 0.2) is 0 Å². The summed E-state index contributed by atoms with van der Waals surface area (Å²) >= 11 is 0. The van der Waals surface area contributed by atoms with Gasteiger partial charge in [-0.15, -0.1) is 0 Å². The lowest BCUT2D eigenvalue weighted by Crippen LogP contribution is -2.26. The van der Waals surface area contributed by atoms with E-state index in [4.69, 9.17) is 5.11 Å². The van der Waals surface area contributed by atoms with E-state index in [9.17, 15) is 0 Å². The number of nitrogens with one attached hydrogen (secondary N) is 1. The molecule has 1 rings (SSSR count). The van der Waals surface area contributed by atoms with E-state index >= 15 is 0 Å². The number of rotatable bonds is 6. The van der Waals surface area contributed by atoms with Crippen molar-refractivity contribution < 1.29 is 5.11 Å². The summed E-state index contributed by atoms with van der Waals surface area (Å²) in [6.45, 7) is 5.27. The maximum absolute atomic E-state index is 8.78. The number of aliphatic hydroxyl groups excluding tert-OH is 1. The molecule has 0 saturated carbocycles. The van der Waals surface area contributed by atoms with Crippen LogP contribution in [-0.2, 0) is 20.0 Å². The van der Waals surface area contributed by atoms with Crippen LogP contribution in [0.3, 0.4) is 0 Å². The SMILES string of the molecule is CCc1nn(C)cc1CNC(C)CCO. The number of nitrogens with zero attached hydrogens (tertiary/aromatic N) is 2. The van der Waals surface area contributed by atoms with Gasteiger partial charge in [-0.25, -0.2) is 0 Å². The molecular weight excluding hydrogens is 190 g/mol. The van der Waals surface area contributed by atoms with Gasteiger partial charge >= 0.3 is 0 Å². The lowest BCUT2D eigenvalue weighted by atomic mass is 10.2. The van der Waals surface area contributed by atoms with Crippen LogP contribution in [0.5, 0.6) is 0 Å². The fraction of sp³-hybridized carbons (Fsp3) is 0.727. The molecule has 0 saturated heterocycles. The van der Waals surface area contributed by atoms with Crippen LogP contribution in [0, 0.1) is 0 Å². The quantitative estimate of drug-likeness (QED) is 0.733. The Kier molecular flexibility index (Phi) is 4.78. The molecule has 0 bridgehead atoms. The van der Waals surface area contributed by atoms with E-state index in [0.717, 1.165) is 25.1 Å². The van der Waals surface area contributed by atoms with Gasteiger partial charge < -0.3 is 10.4 Å². The second-order valence-corrected chi connectivity index (χ2v) is 3.92. The van der Waals surface area contributed by atoms with Gasteiger partial charge in [0.05, 0.1) is 5.69 Å². The van der Waals surface area contributed by atoms with Crippen LogP contribution in [0.1, 0.15) is 31.5 Å². The van der Waals surface area contributed by atoms with Crippen LogP contribution in [0.2, 0.25) is 0 Å². The third kappa shape index (κ3) is 3.64. The Bertz CT molecular complexity index is 296. The molecule has 0 amide bonds. The topological polar surface area (TPSA) is 50.1 Å². The second kappa shape index (κ2) is 5.88. The van der Waals surface area contributed by atoms with Gasteiger partial charge in [0.25, 0.3) is 0 Å². The van der Waals surface area contributed by atoms with E-state index in [2.05, 4.69) is 30.5 Å². The van der Waals surface area contributed by atoms with E-state index in [1.54, 1.807) is 0 Å². The van der Waals surface area contributed by atoms with Crippen LogP contribution < -0.4 is 5.32 Å². The molecule has 15 heavy (non-hydrogen) atoms. The molecule has 0 aliphatic heterocycles. The Morgan fingerprint density at radius 1 is 1.60 bits per heavy atom. The van der Waals surface area contributed by atoms with Gasteiger partial charge in [-0.3, -0.25) is 4.68 Å². The molecule has 2 N–H and O–H groups in total. The summed E-state index contributed by atoms with van der Waals surface area (Å²) in [6.07, 6.45) is 3.81. The molecule has 4 nitrogen and oxygen atoms in total. The smallest absolute Gasteiger partial charge is 0.0666 e. The number of aryl methyl sites for hydroxylation is 2. The minimum atomic E-state index is 0.238. The highest BCUT2D eigenvalue weighted by Gasteiger charge is 2.07. The number of hydrogen-bond donors (Lipinski definition) is 2. The van der Waals surface area contributed by atoms with Gasteiger partial charge in [0.1, 0.15) is 0 Å². The monoisotopic (exact) mass is 211 g/mol. The summed E-state index contributed by atoms with van der Waals surface area (Å²) in [4.78, 5) is 0. The molecule has 1 aromatic heterocycles. The van der Waals surface area contributed by atoms with Crippen molar-refractivity contribution >= 4 is 0 Å². The Hall–Kier alpha value is -0.870. The Morgan fingerprint density at radius 3 is 2.93 bits per heavy atom. The number of aliphatic hydroxyl groups is 1. The van der Waals surface area contributed by atoms with Gasteiger partial charge in [-0.2, -0.15) is 5.10 Å². The predicted molar refractivity (Wildman–Crippen MR) is 60.6 cm³/mol. The van der Waals surface area contributed by atoms with Crippen molar-refractivity contribution in [2.24, 2.45) is 7.05 Å². The normalized spacial score (nSPS) is 13.1. The predicted octanol–water partition coefficient (Wildman–Crippen LogP) is 0.843. The molecular formula is C11H21N3O. The molecule has 0 fully saturated rings. The van der Waals surface area contributed by atoms with Crippen LogP contribution in [0.15, 0.2) is 6.20 Å². The summed E-state index contributed by atoms with van der Waals surface area (Å²) in [5.74, 6) is 0. The average Bonchev–Trinajstić information content (AvgIpc) is 2.56. The zero-order valence-corrected chi connectivity index (χ0v) is 9.82. The second-order valence-electron chi connectivity index (χ2n) is 3.92. The largest absolute Gasteiger partial charge is 0.396 e. The molecule has 0 spiro atoms. The lowest BCUT2D eigenvalue weighted by molar-refractivity contribution is 0.268. The third-order valence-electron chi connectivity index (χ3n) is 2.53. The van der Waals surface area contributed by atoms with Crippen molar-refractivity contribution in [2.45, 2.75) is 39.3 Å². The molecule has 1 heterocycles. The number of hydrogen-bond acceptors (Lipinski definition) is 3. The highest BCUT2D eigenvalue weighted by atomic mass is 16.3. The summed E-state index contributed by atoms with van der Waals surface area (Å²) in [5, 5.41) is 16.5. The minimum Gasteiger partial charge on any atom is -0.396 e. The van der Waals surface area contributed by atoms with Crippen LogP contribution in [-0.4, -0.2) is 27.5 Å². The molecule has 0 aromatic carbocycles. The molecule has 1 atom stereocenters. The summed E-state index contributed by atoms with van der Waals surface area (Å²) in [5.41, 5.74) is 2.41. The first-order valence-electron chi connectivity index (χ1n) is 5.53. The van der Waals surface area contributed by atoms with Gasteiger partial charge in [-0.05, 0) is 19.8 Å². The highest BCUT2D eigenvalue weighted by molar-refractivity contribution is 5.16. The maximum atomic E-state index is 8.78. The first kappa shape index (κ1) is 12.2. The van der Waals surface area contributed by atoms with Crippen LogP contribution in [0.25, 0.3) is 0 Å². The van der Waals surface area contributed by atoms with E-state index in [-0.39, 0.29) is 6.61 Å². The summed E-state index contributed by atoms with van der Waals surface area (Å²) < 4.78 is 1.85. The van der Waals surface area contributed by atoms with Gasteiger partial charge in [-0.1, -0.05) is 6.92 Å². The zero-order chi connectivity index (χ0) is 11.3. The van der Waals surface area contributed by atoms with Gasteiger partial charge in [0, 0.05) is 38.0 Å². The number of aromatic nitrogens is 2. The average molecular weight is 211 g/mol. The third-order valence-corrected chi connectivity index (χ3v) is 2.53. The molecule has 1 aromatic rings. The Morgan fingerprint density at radius 2 is 2.33 bits per heavy atom. The molecule has 86 valence electrons.